The predicted octanol–water partition coefficient (Wildman–Crippen LogP) is 6.72. The van der Waals surface area contributed by atoms with Gasteiger partial charge in [-0.3, -0.25) is 20.1 Å². The fourth-order valence-electron chi connectivity index (χ4n) is 7.89. The van der Waals surface area contributed by atoms with Crippen molar-refractivity contribution in [2.45, 2.75) is 65.3 Å². The molecule has 3 aromatic heterocycles. The van der Waals surface area contributed by atoms with Crippen molar-refractivity contribution in [1.29, 1.82) is 0 Å². The molecule has 2 bridgehead atoms. The summed E-state index contributed by atoms with van der Waals surface area (Å²) < 4.78 is 29.4. The molecule has 3 aliphatic heterocycles. The number of aromatic nitrogens is 4. The summed E-state index contributed by atoms with van der Waals surface area (Å²) in [4.78, 5) is 32.3. The first-order chi connectivity index (χ1) is 23.8. The first kappa shape index (κ1) is 33.4. The maximum atomic E-state index is 15.9. The van der Waals surface area contributed by atoms with Crippen LogP contribution in [0.25, 0.3) is 22.3 Å². The summed E-state index contributed by atoms with van der Waals surface area (Å²) in [6.45, 7) is 11.1. The Morgan fingerprint density at radius 2 is 1.88 bits per heavy atom. The van der Waals surface area contributed by atoms with Gasteiger partial charge in [0.05, 0.1) is 34.6 Å². The SMILES string of the molecule is COCCCN1CCC2(CC1)CCN(c1cc3c(cc1F)nc1n3C[C@H](C)CCCOc3ccncc3-c3cc(cc(C)n3)C(=O)N1)CC2. The standard InChI is InChI=1S/C38H48FN7O3/c1-26-6-4-19-49-35-7-12-40-24-29(35)31-21-28(20-27(2)41-31)36(47)43-37-42-32-22-30(39)33(23-34(32)46(37)25-26)45-16-10-38(11-17-45)8-14-44(15-9-38)13-5-18-48-3/h7,12,20-24,26H,4-6,8-11,13-19,25H2,1-3H3,(H,42,43,47)/t26-/m1/s1. The summed E-state index contributed by atoms with van der Waals surface area (Å²) in [7, 11) is 1.76. The van der Waals surface area contributed by atoms with Gasteiger partial charge in [-0.2, -0.15) is 0 Å². The Hall–Kier alpha value is -4.09. The molecule has 2 saturated heterocycles. The van der Waals surface area contributed by atoms with Crippen LogP contribution in [-0.4, -0.2) is 83.4 Å². The molecule has 3 aliphatic rings. The van der Waals surface area contributed by atoms with E-state index in [-0.39, 0.29) is 17.6 Å². The van der Waals surface area contributed by atoms with E-state index in [1.807, 2.05) is 19.1 Å². The Kier molecular flexibility index (Phi) is 9.82. The zero-order valence-corrected chi connectivity index (χ0v) is 29.0. The second-order valence-electron chi connectivity index (χ2n) is 14.3. The van der Waals surface area contributed by atoms with Crippen molar-refractivity contribution in [3.8, 4) is 17.0 Å². The van der Waals surface area contributed by atoms with E-state index < -0.39 is 0 Å². The lowest BCUT2D eigenvalue weighted by molar-refractivity contribution is 0.0733. The number of hydrogen-bond donors (Lipinski definition) is 1. The van der Waals surface area contributed by atoms with E-state index in [4.69, 9.17) is 19.4 Å². The topological polar surface area (TPSA) is 97.6 Å². The van der Waals surface area contributed by atoms with E-state index in [0.29, 0.717) is 58.4 Å². The number of hydrogen-bond acceptors (Lipinski definition) is 8. The van der Waals surface area contributed by atoms with Gasteiger partial charge in [0.1, 0.15) is 11.6 Å². The number of carbonyl (C=O) groups is 1. The molecule has 0 aliphatic carbocycles. The minimum Gasteiger partial charge on any atom is -0.493 e. The molecular formula is C38H48FN7O3. The molecule has 0 unspecified atom stereocenters. The number of halogens is 1. The highest BCUT2D eigenvalue weighted by atomic mass is 19.1. The lowest BCUT2D eigenvalue weighted by Crippen LogP contribution is -2.47. The molecule has 4 aromatic rings. The monoisotopic (exact) mass is 669 g/mol. The maximum absolute atomic E-state index is 15.9. The van der Waals surface area contributed by atoms with Gasteiger partial charge >= 0.3 is 0 Å². The van der Waals surface area contributed by atoms with Crippen molar-refractivity contribution >= 4 is 28.6 Å². The highest BCUT2D eigenvalue weighted by molar-refractivity contribution is 6.05. The van der Waals surface area contributed by atoms with Crippen LogP contribution in [0, 0.1) is 24.1 Å². The molecule has 11 heteroatoms. The van der Waals surface area contributed by atoms with Gasteiger partial charge in [0.25, 0.3) is 5.91 Å². The number of rotatable bonds is 5. The Bertz CT molecular complexity index is 1790. The van der Waals surface area contributed by atoms with Gasteiger partial charge in [0, 0.05) is 69.6 Å². The van der Waals surface area contributed by atoms with Crippen molar-refractivity contribution in [1.82, 2.24) is 24.4 Å². The van der Waals surface area contributed by atoms with Crippen molar-refractivity contribution in [3.05, 3.63) is 59.8 Å². The number of benzene rings is 1. The molecule has 1 aromatic carbocycles. The number of amides is 1. The summed E-state index contributed by atoms with van der Waals surface area (Å²) in [5.74, 6) is 0.800. The van der Waals surface area contributed by atoms with E-state index in [1.54, 1.807) is 31.6 Å². The molecule has 1 atom stereocenters. The molecule has 2 fully saturated rings. The van der Waals surface area contributed by atoms with Gasteiger partial charge in [0.15, 0.2) is 0 Å². The van der Waals surface area contributed by atoms with Crippen LogP contribution in [0.1, 0.15) is 67.9 Å². The molecular weight excluding hydrogens is 621 g/mol. The zero-order valence-electron chi connectivity index (χ0n) is 29.0. The third-order valence-electron chi connectivity index (χ3n) is 10.8. The number of fused-ring (bicyclic) bond motifs is 7. The highest BCUT2D eigenvalue weighted by Gasteiger charge is 2.38. The van der Waals surface area contributed by atoms with Crippen LogP contribution >= 0.6 is 0 Å². The molecule has 10 nitrogen and oxygen atoms in total. The van der Waals surface area contributed by atoms with E-state index in [0.717, 1.165) is 82.5 Å². The predicted molar refractivity (Wildman–Crippen MR) is 190 cm³/mol. The van der Waals surface area contributed by atoms with Crippen LogP contribution in [-0.2, 0) is 11.3 Å². The van der Waals surface area contributed by atoms with E-state index >= 15 is 4.39 Å². The summed E-state index contributed by atoms with van der Waals surface area (Å²) in [5, 5.41) is 3.07. The van der Waals surface area contributed by atoms with Gasteiger partial charge in [-0.25, -0.2) is 9.37 Å². The summed E-state index contributed by atoms with van der Waals surface area (Å²) in [5.41, 5.74) is 4.84. The minimum absolute atomic E-state index is 0.257. The molecule has 49 heavy (non-hydrogen) atoms. The number of methoxy groups -OCH3 is 1. The number of nitrogens with zero attached hydrogens (tertiary/aromatic N) is 6. The van der Waals surface area contributed by atoms with Gasteiger partial charge in [-0.1, -0.05) is 6.92 Å². The molecule has 1 amide bonds. The van der Waals surface area contributed by atoms with Gasteiger partial charge in [-0.05, 0) is 101 Å². The molecule has 7 rings (SSSR count). The van der Waals surface area contributed by atoms with Crippen LogP contribution in [0.3, 0.4) is 0 Å². The highest BCUT2D eigenvalue weighted by Crippen LogP contribution is 2.43. The van der Waals surface area contributed by atoms with Crippen molar-refractivity contribution in [2.24, 2.45) is 11.3 Å². The van der Waals surface area contributed by atoms with Crippen molar-refractivity contribution in [3.63, 3.8) is 0 Å². The Morgan fingerprint density at radius 1 is 1.08 bits per heavy atom. The number of nitrogens with one attached hydrogen (secondary N) is 1. The zero-order chi connectivity index (χ0) is 34.0. The normalized spacial score (nSPS) is 20.2. The Balaban J connectivity index is 1.15. The maximum Gasteiger partial charge on any atom is 0.258 e. The summed E-state index contributed by atoms with van der Waals surface area (Å²) >= 11 is 0. The van der Waals surface area contributed by atoms with Crippen LogP contribution < -0.4 is 15.0 Å². The summed E-state index contributed by atoms with van der Waals surface area (Å²) in [6.07, 6.45) is 10.8. The van der Waals surface area contributed by atoms with Crippen molar-refractivity contribution in [2.75, 3.05) is 63.3 Å². The second-order valence-corrected chi connectivity index (χ2v) is 14.3. The lowest BCUT2D eigenvalue weighted by atomic mass is 9.71. The second kappa shape index (κ2) is 14.4. The average molecular weight is 670 g/mol. The van der Waals surface area contributed by atoms with Gasteiger partial charge in [0.2, 0.25) is 5.95 Å². The average Bonchev–Trinajstić information content (AvgIpc) is 3.41. The number of aryl methyl sites for hydroxylation is 1. The molecule has 260 valence electrons. The van der Waals surface area contributed by atoms with Crippen LogP contribution in [0.15, 0.2) is 42.7 Å². The molecule has 0 radical (unpaired) electrons. The van der Waals surface area contributed by atoms with Crippen LogP contribution in [0.5, 0.6) is 5.75 Å². The smallest absolute Gasteiger partial charge is 0.258 e. The minimum atomic E-state index is -0.302. The third-order valence-corrected chi connectivity index (χ3v) is 10.8. The largest absolute Gasteiger partial charge is 0.493 e. The number of pyridine rings is 2. The fraction of sp³-hybridized carbons (Fsp3) is 0.526. The van der Waals surface area contributed by atoms with E-state index in [9.17, 15) is 4.79 Å². The van der Waals surface area contributed by atoms with Gasteiger partial charge in [-0.15, -0.1) is 0 Å². The van der Waals surface area contributed by atoms with E-state index in [2.05, 4.69) is 31.6 Å². The fourth-order valence-corrected chi connectivity index (χ4v) is 7.89. The van der Waals surface area contributed by atoms with Crippen molar-refractivity contribution < 1.29 is 18.7 Å². The third kappa shape index (κ3) is 7.28. The first-order valence-electron chi connectivity index (χ1n) is 17.8. The number of piperidine rings is 2. The summed E-state index contributed by atoms with van der Waals surface area (Å²) in [6, 6.07) is 8.85. The number of carbonyl (C=O) groups excluding carboxylic acids is 1. The molecule has 1 spiro atoms. The van der Waals surface area contributed by atoms with Gasteiger partial charge < -0.3 is 23.8 Å². The Morgan fingerprint density at radius 3 is 2.67 bits per heavy atom. The number of likely N-dealkylation sites (tertiary alicyclic amines) is 1. The molecule has 0 saturated carbocycles. The Labute approximate surface area is 288 Å². The quantitative estimate of drug-likeness (QED) is 0.234. The lowest BCUT2D eigenvalue weighted by Gasteiger charge is -2.47. The first-order valence-corrected chi connectivity index (χ1v) is 17.8. The van der Waals surface area contributed by atoms with Crippen LogP contribution in [0.2, 0.25) is 0 Å². The molecule has 1 N–H and O–H groups in total. The van der Waals surface area contributed by atoms with Crippen LogP contribution in [0.4, 0.5) is 16.0 Å². The number of ether oxygens (including phenoxy) is 2. The number of anilines is 2. The molecule has 6 heterocycles. The number of imidazole rings is 1. The van der Waals surface area contributed by atoms with E-state index in [1.165, 1.54) is 18.9 Å².